The number of aromatic amines is 1. The van der Waals surface area contributed by atoms with E-state index < -0.39 is 0 Å². The summed E-state index contributed by atoms with van der Waals surface area (Å²) in [7, 11) is 1.63. The van der Waals surface area contributed by atoms with Crippen molar-refractivity contribution in [3.63, 3.8) is 0 Å². The molecule has 5 rings (SSSR count). The molecule has 2 aromatic rings. The summed E-state index contributed by atoms with van der Waals surface area (Å²) in [6.07, 6.45) is 2.14. The second kappa shape index (κ2) is 7.52. The molecule has 3 aliphatic rings. The summed E-state index contributed by atoms with van der Waals surface area (Å²) < 4.78 is 5.22. The van der Waals surface area contributed by atoms with Crippen LogP contribution in [0, 0.1) is 0 Å². The molecule has 2 N–H and O–H groups in total. The highest BCUT2D eigenvalue weighted by Crippen LogP contribution is 2.26. The number of piperidine rings is 1. The van der Waals surface area contributed by atoms with E-state index in [1.165, 1.54) is 0 Å². The highest BCUT2D eigenvalue weighted by molar-refractivity contribution is 6.05. The zero-order valence-corrected chi connectivity index (χ0v) is 14.1. The molecule has 4 heterocycles. The summed E-state index contributed by atoms with van der Waals surface area (Å²) in [5.74, 6) is 0.807. The Hall–Kier alpha value is -2.61. The summed E-state index contributed by atoms with van der Waals surface area (Å²) in [4.78, 5) is 25.8. The monoisotopic (exact) mass is 346 g/mol. The Balaban J connectivity index is 0.000000569. The van der Waals surface area contributed by atoms with E-state index in [1.54, 1.807) is 7.11 Å². The topological polar surface area (TPSA) is 98.8 Å². The third-order valence-electron chi connectivity index (χ3n) is 4.89. The van der Waals surface area contributed by atoms with Crippen molar-refractivity contribution >= 4 is 23.3 Å². The van der Waals surface area contributed by atoms with Crippen molar-refractivity contribution in [3.8, 4) is 5.75 Å². The molecular formula is C17H22N4O4. The van der Waals surface area contributed by atoms with Gasteiger partial charge in [0.25, 0.3) is 12.4 Å². The van der Waals surface area contributed by atoms with Gasteiger partial charge in [0.2, 0.25) is 0 Å². The number of fused-ring (bicyclic) bond motifs is 5. The minimum atomic E-state index is -0.250. The van der Waals surface area contributed by atoms with Crippen molar-refractivity contribution in [3.05, 3.63) is 23.9 Å². The number of carbonyl (C=O) groups excluding carboxylic acids is 1. The lowest BCUT2D eigenvalue weighted by molar-refractivity contribution is -0.122. The van der Waals surface area contributed by atoms with Crippen molar-refractivity contribution in [2.45, 2.75) is 18.9 Å². The van der Waals surface area contributed by atoms with Gasteiger partial charge in [-0.25, -0.2) is 0 Å². The molecule has 1 aromatic carbocycles. The van der Waals surface area contributed by atoms with E-state index in [2.05, 4.69) is 15.1 Å². The molecule has 0 aliphatic carbocycles. The standard InChI is InChI=1S/C16H20N4O2.CH2O2/c1-22-12-2-3-13-14(10-12)17-18-15(13)16(21)20-9-8-19-6-4-11(20)5-7-19;2-1-3/h2-3,10-11H,4-9H2,1H3,(H,17,18);1H,(H,2,3). The van der Waals surface area contributed by atoms with Crippen molar-refractivity contribution < 1.29 is 19.4 Å². The smallest absolute Gasteiger partial charge is 0.290 e. The molecule has 0 saturated carbocycles. The van der Waals surface area contributed by atoms with Crippen LogP contribution in [0.25, 0.3) is 10.9 Å². The number of hydrogen-bond donors (Lipinski definition) is 2. The van der Waals surface area contributed by atoms with Crippen LogP contribution in [0.5, 0.6) is 5.75 Å². The van der Waals surface area contributed by atoms with Gasteiger partial charge >= 0.3 is 0 Å². The molecule has 25 heavy (non-hydrogen) atoms. The molecule has 0 unspecified atom stereocenters. The number of carbonyl (C=O) groups is 2. The summed E-state index contributed by atoms with van der Waals surface area (Å²) in [5.41, 5.74) is 1.36. The fourth-order valence-corrected chi connectivity index (χ4v) is 3.58. The fraction of sp³-hybridized carbons (Fsp3) is 0.471. The van der Waals surface area contributed by atoms with Crippen LogP contribution in [0.1, 0.15) is 23.3 Å². The van der Waals surface area contributed by atoms with Gasteiger partial charge in [0, 0.05) is 43.7 Å². The van der Waals surface area contributed by atoms with Crippen LogP contribution in [-0.2, 0) is 4.79 Å². The van der Waals surface area contributed by atoms with E-state index in [0.717, 1.165) is 55.7 Å². The van der Waals surface area contributed by atoms with Crippen LogP contribution in [0.15, 0.2) is 18.2 Å². The molecule has 134 valence electrons. The molecule has 0 spiro atoms. The molecule has 2 bridgehead atoms. The van der Waals surface area contributed by atoms with Gasteiger partial charge in [-0.1, -0.05) is 0 Å². The minimum absolute atomic E-state index is 0.0465. The largest absolute Gasteiger partial charge is 0.497 e. The Kier molecular flexibility index (Phi) is 5.18. The van der Waals surface area contributed by atoms with Gasteiger partial charge in [-0.15, -0.1) is 0 Å². The van der Waals surface area contributed by atoms with Crippen LogP contribution in [-0.4, -0.2) is 76.8 Å². The average Bonchev–Trinajstić information content (AvgIpc) is 2.82. The van der Waals surface area contributed by atoms with Crippen molar-refractivity contribution in [1.29, 1.82) is 0 Å². The van der Waals surface area contributed by atoms with Crippen LogP contribution in [0.3, 0.4) is 0 Å². The number of carboxylic acid groups (broad SMARTS) is 1. The number of rotatable bonds is 2. The zero-order valence-electron chi connectivity index (χ0n) is 14.1. The fourth-order valence-electron chi connectivity index (χ4n) is 3.58. The van der Waals surface area contributed by atoms with E-state index in [0.29, 0.717) is 11.7 Å². The van der Waals surface area contributed by atoms with E-state index in [4.69, 9.17) is 14.6 Å². The number of aromatic nitrogens is 2. The molecule has 8 nitrogen and oxygen atoms in total. The Bertz CT molecular complexity index is 752. The van der Waals surface area contributed by atoms with Crippen LogP contribution < -0.4 is 4.74 Å². The minimum Gasteiger partial charge on any atom is -0.497 e. The highest BCUT2D eigenvalue weighted by atomic mass is 16.5. The quantitative estimate of drug-likeness (QED) is 0.793. The average molecular weight is 346 g/mol. The second-order valence-electron chi connectivity index (χ2n) is 6.16. The zero-order chi connectivity index (χ0) is 17.8. The van der Waals surface area contributed by atoms with Gasteiger partial charge in [0.1, 0.15) is 5.75 Å². The maximum Gasteiger partial charge on any atom is 0.290 e. The molecule has 8 heteroatoms. The van der Waals surface area contributed by atoms with Crippen LogP contribution in [0.4, 0.5) is 0 Å². The number of benzene rings is 1. The lowest BCUT2D eigenvalue weighted by Gasteiger charge is -2.31. The maximum absolute atomic E-state index is 13.0. The summed E-state index contributed by atoms with van der Waals surface area (Å²) in [6, 6.07) is 6.01. The van der Waals surface area contributed by atoms with E-state index in [-0.39, 0.29) is 12.4 Å². The van der Waals surface area contributed by atoms with Crippen molar-refractivity contribution in [2.24, 2.45) is 0 Å². The first kappa shape index (κ1) is 17.2. The van der Waals surface area contributed by atoms with Gasteiger partial charge in [-0.05, 0) is 25.0 Å². The van der Waals surface area contributed by atoms with Crippen molar-refractivity contribution in [1.82, 2.24) is 20.0 Å². The van der Waals surface area contributed by atoms with E-state index in [9.17, 15) is 4.79 Å². The third-order valence-corrected chi connectivity index (χ3v) is 4.89. The molecule has 3 saturated heterocycles. The summed E-state index contributed by atoms with van der Waals surface area (Å²) >= 11 is 0. The Morgan fingerprint density at radius 3 is 2.72 bits per heavy atom. The van der Waals surface area contributed by atoms with E-state index in [1.807, 2.05) is 23.1 Å². The molecule has 0 atom stereocenters. The number of nitrogens with one attached hydrogen (secondary N) is 1. The molecule has 3 fully saturated rings. The number of amides is 1. The number of methoxy groups -OCH3 is 1. The number of hydrogen-bond acceptors (Lipinski definition) is 5. The third kappa shape index (κ3) is 3.43. The van der Waals surface area contributed by atoms with Crippen LogP contribution in [0.2, 0.25) is 0 Å². The molecule has 3 aliphatic heterocycles. The Morgan fingerprint density at radius 1 is 1.32 bits per heavy atom. The molecule has 1 aromatic heterocycles. The predicted octanol–water partition coefficient (Wildman–Crippen LogP) is 1.19. The predicted molar refractivity (Wildman–Crippen MR) is 91.8 cm³/mol. The molecule has 0 radical (unpaired) electrons. The molecule has 1 amide bonds. The second-order valence-corrected chi connectivity index (χ2v) is 6.16. The normalized spacial score (nSPS) is 22.0. The summed E-state index contributed by atoms with van der Waals surface area (Å²) in [6.45, 7) is 3.73. The van der Waals surface area contributed by atoms with Gasteiger partial charge < -0.3 is 19.6 Å². The Morgan fingerprint density at radius 2 is 2.04 bits per heavy atom. The highest BCUT2D eigenvalue weighted by Gasteiger charge is 2.33. The van der Waals surface area contributed by atoms with Gasteiger partial charge in [0.05, 0.1) is 12.6 Å². The molecular weight excluding hydrogens is 324 g/mol. The maximum atomic E-state index is 13.0. The number of H-pyrrole nitrogens is 1. The SMILES string of the molecule is COc1ccc2c(C(=O)N3CCN4CCC3CC4)n[nH]c2c1.O=CO. The summed E-state index contributed by atoms with van der Waals surface area (Å²) in [5, 5.41) is 15.0. The van der Waals surface area contributed by atoms with Crippen molar-refractivity contribution in [2.75, 3.05) is 33.3 Å². The lowest BCUT2D eigenvalue weighted by atomic mass is 10.0. The first-order valence-electron chi connectivity index (χ1n) is 8.31. The van der Waals surface area contributed by atoms with Crippen LogP contribution >= 0.6 is 0 Å². The van der Waals surface area contributed by atoms with Gasteiger partial charge in [-0.3, -0.25) is 14.7 Å². The van der Waals surface area contributed by atoms with E-state index >= 15 is 0 Å². The number of ether oxygens (including phenoxy) is 1. The number of nitrogens with zero attached hydrogens (tertiary/aromatic N) is 3. The van der Waals surface area contributed by atoms with Gasteiger partial charge in [-0.2, -0.15) is 5.10 Å². The Labute approximate surface area is 145 Å². The first-order chi connectivity index (χ1) is 12.2. The van der Waals surface area contributed by atoms with Gasteiger partial charge in [0.15, 0.2) is 5.69 Å². The first-order valence-corrected chi connectivity index (χ1v) is 8.31. The lowest BCUT2D eigenvalue weighted by Crippen LogP contribution is -2.41.